The van der Waals surface area contributed by atoms with Crippen molar-refractivity contribution in [3.63, 3.8) is 0 Å². The van der Waals surface area contributed by atoms with Crippen molar-refractivity contribution in [2.75, 3.05) is 0 Å². The Labute approximate surface area is 96.0 Å². The summed E-state index contributed by atoms with van der Waals surface area (Å²) in [6.07, 6.45) is 1.88. The molecular formula is C14H16O2. The first-order chi connectivity index (χ1) is 7.52. The number of hydrogen-bond donors (Lipinski definition) is 0. The van der Waals surface area contributed by atoms with Crippen molar-refractivity contribution in [3.8, 4) is 0 Å². The number of allylic oxidation sites excluding steroid dienone is 1. The molecule has 0 aliphatic rings. The topological polar surface area (TPSA) is 34.1 Å². The Hall–Kier alpha value is -1.70. The summed E-state index contributed by atoms with van der Waals surface area (Å²) in [7, 11) is 0. The lowest BCUT2D eigenvalue weighted by molar-refractivity contribution is -0.128. The molecule has 0 bridgehead atoms. The van der Waals surface area contributed by atoms with Gasteiger partial charge in [-0.25, -0.2) is 0 Å². The SMILES string of the molecule is CC(=O)C(C(C)=O)C(C)=Cc1ccccc1. The van der Waals surface area contributed by atoms with Crippen LogP contribution in [0.2, 0.25) is 0 Å². The van der Waals surface area contributed by atoms with Crippen LogP contribution in [-0.4, -0.2) is 11.6 Å². The first kappa shape index (κ1) is 12.4. The highest BCUT2D eigenvalue weighted by Gasteiger charge is 2.20. The van der Waals surface area contributed by atoms with Gasteiger partial charge in [0.2, 0.25) is 0 Å². The molecule has 0 heterocycles. The minimum Gasteiger partial charge on any atom is -0.299 e. The minimum atomic E-state index is -0.597. The van der Waals surface area contributed by atoms with Gasteiger partial charge < -0.3 is 0 Å². The molecule has 84 valence electrons. The van der Waals surface area contributed by atoms with Gasteiger partial charge in [0.05, 0.1) is 5.92 Å². The van der Waals surface area contributed by atoms with Crippen molar-refractivity contribution in [3.05, 3.63) is 41.5 Å². The molecule has 0 aromatic heterocycles. The Kier molecular flexibility index (Phi) is 4.18. The molecule has 16 heavy (non-hydrogen) atoms. The highest BCUT2D eigenvalue weighted by molar-refractivity contribution is 6.03. The zero-order valence-electron chi connectivity index (χ0n) is 9.86. The van der Waals surface area contributed by atoms with Gasteiger partial charge in [0.1, 0.15) is 11.6 Å². The van der Waals surface area contributed by atoms with E-state index in [4.69, 9.17) is 0 Å². The van der Waals surface area contributed by atoms with E-state index in [1.54, 1.807) is 0 Å². The van der Waals surface area contributed by atoms with Crippen LogP contribution in [-0.2, 0) is 9.59 Å². The maximum atomic E-state index is 11.4. The molecule has 0 unspecified atom stereocenters. The van der Waals surface area contributed by atoms with Gasteiger partial charge in [-0.1, -0.05) is 42.0 Å². The molecule has 2 nitrogen and oxygen atoms in total. The number of hydrogen-bond acceptors (Lipinski definition) is 2. The Morgan fingerprint density at radius 1 is 1.00 bits per heavy atom. The molecule has 0 aliphatic heterocycles. The Morgan fingerprint density at radius 3 is 1.94 bits per heavy atom. The number of carbonyl (C=O) groups excluding carboxylic acids is 2. The average Bonchev–Trinajstić information content (AvgIpc) is 2.17. The fourth-order valence-electron chi connectivity index (χ4n) is 1.82. The first-order valence-corrected chi connectivity index (χ1v) is 5.26. The van der Waals surface area contributed by atoms with E-state index >= 15 is 0 Å². The summed E-state index contributed by atoms with van der Waals surface area (Å²) in [4.78, 5) is 22.7. The Balaban J connectivity index is 3.00. The van der Waals surface area contributed by atoms with Crippen LogP contribution in [0.25, 0.3) is 6.08 Å². The molecule has 0 N–H and O–H groups in total. The highest BCUT2D eigenvalue weighted by atomic mass is 16.1. The largest absolute Gasteiger partial charge is 0.299 e. The van der Waals surface area contributed by atoms with E-state index in [2.05, 4.69) is 0 Å². The molecule has 0 atom stereocenters. The summed E-state index contributed by atoms with van der Waals surface area (Å²) >= 11 is 0. The summed E-state index contributed by atoms with van der Waals surface area (Å²) < 4.78 is 0. The zero-order valence-corrected chi connectivity index (χ0v) is 9.86. The van der Waals surface area contributed by atoms with Crippen molar-refractivity contribution in [2.24, 2.45) is 5.92 Å². The van der Waals surface area contributed by atoms with E-state index in [-0.39, 0.29) is 11.6 Å². The van der Waals surface area contributed by atoms with Crippen LogP contribution >= 0.6 is 0 Å². The normalized spacial score (nSPS) is 11.6. The van der Waals surface area contributed by atoms with Crippen molar-refractivity contribution >= 4 is 17.6 Å². The Bertz CT molecular complexity index is 402. The average molecular weight is 216 g/mol. The van der Waals surface area contributed by atoms with Gasteiger partial charge in [-0.3, -0.25) is 9.59 Å². The molecule has 0 radical (unpaired) electrons. The molecule has 0 amide bonds. The summed E-state index contributed by atoms with van der Waals surface area (Å²) in [5, 5.41) is 0. The van der Waals surface area contributed by atoms with E-state index in [0.717, 1.165) is 11.1 Å². The van der Waals surface area contributed by atoms with E-state index < -0.39 is 5.92 Å². The van der Waals surface area contributed by atoms with Crippen LogP contribution < -0.4 is 0 Å². The molecular weight excluding hydrogens is 200 g/mol. The third-order valence-electron chi connectivity index (χ3n) is 2.46. The standard InChI is InChI=1S/C14H16O2/c1-10(14(11(2)15)12(3)16)9-13-7-5-4-6-8-13/h4-9,14H,1-3H3. The van der Waals surface area contributed by atoms with Crippen molar-refractivity contribution < 1.29 is 9.59 Å². The van der Waals surface area contributed by atoms with E-state index in [0.29, 0.717) is 0 Å². The third kappa shape index (κ3) is 3.16. The summed E-state index contributed by atoms with van der Waals surface area (Å²) in [5.74, 6) is -0.797. The second-order valence-corrected chi connectivity index (χ2v) is 3.95. The minimum absolute atomic E-state index is 0.0998. The highest BCUT2D eigenvalue weighted by Crippen LogP contribution is 2.16. The van der Waals surface area contributed by atoms with Gasteiger partial charge >= 0.3 is 0 Å². The summed E-state index contributed by atoms with van der Waals surface area (Å²) in [6.45, 7) is 4.73. The van der Waals surface area contributed by atoms with Crippen LogP contribution in [0.4, 0.5) is 0 Å². The van der Waals surface area contributed by atoms with Crippen LogP contribution in [0, 0.1) is 5.92 Å². The lowest BCUT2D eigenvalue weighted by Crippen LogP contribution is -2.20. The van der Waals surface area contributed by atoms with Gasteiger partial charge in [0.15, 0.2) is 0 Å². The summed E-state index contributed by atoms with van der Waals surface area (Å²) in [5.41, 5.74) is 1.80. The monoisotopic (exact) mass is 216 g/mol. The maximum Gasteiger partial charge on any atom is 0.144 e. The lowest BCUT2D eigenvalue weighted by atomic mass is 9.91. The van der Waals surface area contributed by atoms with Crippen molar-refractivity contribution in [1.82, 2.24) is 0 Å². The van der Waals surface area contributed by atoms with Crippen LogP contribution in [0.3, 0.4) is 0 Å². The molecule has 1 aromatic carbocycles. The molecule has 0 saturated carbocycles. The van der Waals surface area contributed by atoms with Crippen molar-refractivity contribution in [2.45, 2.75) is 20.8 Å². The lowest BCUT2D eigenvalue weighted by Gasteiger charge is -2.10. The smallest absolute Gasteiger partial charge is 0.144 e. The van der Waals surface area contributed by atoms with Gasteiger partial charge in [-0.2, -0.15) is 0 Å². The third-order valence-corrected chi connectivity index (χ3v) is 2.46. The van der Waals surface area contributed by atoms with Gasteiger partial charge in [0, 0.05) is 0 Å². The van der Waals surface area contributed by atoms with Crippen molar-refractivity contribution in [1.29, 1.82) is 0 Å². The van der Waals surface area contributed by atoms with Gasteiger partial charge in [-0.05, 0) is 26.3 Å². The van der Waals surface area contributed by atoms with Gasteiger partial charge in [-0.15, -0.1) is 0 Å². The molecule has 1 aromatic rings. The second kappa shape index (κ2) is 5.40. The maximum absolute atomic E-state index is 11.4. The van der Waals surface area contributed by atoms with Crippen LogP contribution in [0.1, 0.15) is 26.3 Å². The number of ketones is 2. The predicted octanol–water partition coefficient (Wildman–Crippen LogP) is 2.88. The quantitative estimate of drug-likeness (QED) is 0.725. The molecule has 0 fully saturated rings. The molecule has 0 spiro atoms. The zero-order chi connectivity index (χ0) is 12.1. The number of rotatable bonds is 4. The molecule has 0 saturated heterocycles. The van der Waals surface area contributed by atoms with Gasteiger partial charge in [0.25, 0.3) is 0 Å². The Morgan fingerprint density at radius 2 is 1.50 bits per heavy atom. The summed E-state index contributed by atoms with van der Waals surface area (Å²) in [6, 6.07) is 9.67. The van der Waals surface area contributed by atoms with E-state index in [1.165, 1.54) is 13.8 Å². The van der Waals surface area contributed by atoms with E-state index in [9.17, 15) is 9.59 Å². The molecule has 1 rings (SSSR count). The van der Waals surface area contributed by atoms with E-state index in [1.807, 2.05) is 43.3 Å². The fraction of sp³-hybridized carbons (Fsp3) is 0.286. The second-order valence-electron chi connectivity index (χ2n) is 3.95. The van der Waals surface area contributed by atoms with Crippen LogP contribution in [0.15, 0.2) is 35.9 Å². The fourth-order valence-corrected chi connectivity index (χ4v) is 1.82. The first-order valence-electron chi connectivity index (χ1n) is 5.26. The molecule has 2 heteroatoms. The van der Waals surface area contributed by atoms with Crippen LogP contribution in [0.5, 0.6) is 0 Å². The predicted molar refractivity (Wildman–Crippen MR) is 64.9 cm³/mol. The number of carbonyl (C=O) groups is 2. The molecule has 0 aliphatic carbocycles. The number of benzene rings is 1. The number of Topliss-reactive ketones (excluding diaryl/α,β-unsaturated/α-hetero) is 2.